The van der Waals surface area contributed by atoms with E-state index in [4.69, 9.17) is 2.76 Å². The van der Waals surface area contributed by atoms with Gasteiger partial charge in [0.2, 0.25) is 0 Å². The zero-order chi connectivity index (χ0) is 38.1. The van der Waals surface area contributed by atoms with Crippen LogP contribution in [0, 0.1) is 0 Å². The smallest absolute Gasteiger partial charge is 0.0654 e. The zero-order valence-electron chi connectivity index (χ0n) is 34.8. The fourth-order valence-corrected chi connectivity index (χ4v) is 10.4. The SMILES string of the molecule is CCCCCCCCCCCCc1c(CCC)cc(S(=O)(=O)[O][Ti](=[O])[OH])c(CCCCCCCCCCCC)c1CCCCCCCCCCCC. The molecule has 0 saturated heterocycles. The fourth-order valence-electron chi connectivity index (χ4n) is 7.97. The molecule has 0 radical (unpaired) electrons. The van der Waals surface area contributed by atoms with Crippen LogP contribution in [0.3, 0.4) is 0 Å². The van der Waals surface area contributed by atoms with Crippen LogP contribution in [0.5, 0.6) is 0 Å². The van der Waals surface area contributed by atoms with Crippen LogP contribution in [-0.2, 0) is 60.5 Å². The number of unbranched alkanes of at least 4 members (excludes halogenated alkanes) is 27. The summed E-state index contributed by atoms with van der Waals surface area (Å²) in [4.78, 5) is 0.177. The summed E-state index contributed by atoms with van der Waals surface area (Å²) in [5, 5.41) is 0. The van der Waals surface area contributed by atoms with E-state index in [9.17, 15) is 15.4 Å². The minimum atomic E-state index is -4.32. The van der Waals surface area contributed by atoms with Crippen molar-refractivity contribution in [3.63, 3.8) is 0 Å². The molecule has 0 aliphatic heterocycles. The van der Waals surface area contributed by atoms with E-state index in [1.807, 2.05) is 6.07 Å². The molecule has 7 heteroatoms. The van der Waals surface area contributed by atoms with Gasteiger partial charge in [0.25, 0.3) is 0 Å². The van der Waals surface area contributed by atoms with Crippen LogP contribution in [0.4, 0.5) is 0 Å². The molecule has 0 bridgehead atoms. The average molecular weight is 785 g/mol. The van der Waals surface area contributed by atoms with E-state index in [0.717, 1.165) is 68.9 Å². The van der Waals surface area contributed by atoms with Crippen LogP contribution in [0.1, 0.15) is 249 Å². The van der Waals surface area contributed by atoms with Gasteiger partial charge in [-0.2, -0.15) is 0 Å². The van der Waals surface area contributed by atoms with E-state index in [1.165, 1.54) is 172 Å². The molecule has 0 unspecified atom stereocenters. The number of rotatable bonds is 38. The van der Waals surface area contributed by atoms with E-state index in [2.05, 4.69) is 27.7 Å². The van der Waals surface area contributed by atoms with Crippen molar-refractivity contribution < 1.29 is 36.8 Å². The Balaban J connectivity index is 3.16. The molecule has 1 rings (SSSR count). The van der Waals surface area contributed by atoms with Crippen LogP contribution in [0.25, 0.3) is 0 Å². The molecule has 0 spiro atoms. The average Bonchev–Trinajstić information content (AvgIpc) is 3.11. The Kier molecular flexibility index (Phi) is 32.4. The Bertz CT molecular complexity index is 1120. The second-order valence-electron chi connectivity index (χ2n) is 15.8. The zero-order valence-corrected chi connectivity index (χ0v) is 37.2. The number of aryl methyl sites for hydroxylation is 1. The molecule has 0 amide bonds. The van der Waals surface area contributed by atoms with Crippen molar-refractivity contribution in [1.29, 1.82) is 0 Å². The van der Waals surface area contributed by atoms with Gasteiger partial charge in [-0.05, 0) is 0 Å². The van der Waals surface area contributed by atoms with Crippen molar-refractivity contribution in [1.82, 2.24) is 0 Å². The van der Waals surface area contributed by atoms with E-state index in [-0.39, 0.29) is 4.90 Å². The van der Waals surface area contributed by atoms with Gasteiger partial charge < -0.3 is 0 Å². The van der Waals surface area contributed by atoms with Crippen LogP contribution < -0.4 is 0 Å². The second-order valence-corrected chi connectivity index (χ2v) is 18.9. The predicted octanol–water partition coefficient (Wildman–Crippen LogP) is 14.5. The molecular weight excluding hydrogens is 700 g/mol. The topological polar surface area (TPSA) is 80.7 Å². The summed E-state index contributed by atoms with van der Waals surface area (Å²) in [6.07, 6.45) is 42.3. The first kappa shape index (κ1) is 49.6. The Morgan fingerprint density at radius 3 is 1.08 bits per heavy atom. The monoisotopic (exact) mass is 785 g/mol. The Morgan fingerprint density at radius 2 is 0.750 bits per heavy atom. The van der Waals surface area contributed by atoms with E-state index in [0.29, 0.717) is 6.42 Å². The van der Waals surface area contributed by atoms with Gasteiger partial charge in [-0.3, -0.25) is 0 Å². The Labute approximate surface area is 330 Å². The summed E-state index contributed by atoms with van der Waals surface area (Å²) >= 11 is -4.32. The molecule has 0 aromatic heterocycles. The van der Waals surface area contributed by atoms with Crippen LogP contribution in [-0.4, -0.2) is 12.1 Å². The van der Waals surface area contributed by atoms with Gasteiger partial charge in [0.15, 0.2) is 0 Å². The van der Waals surface area contributed by atoms with Crippen molar-refractivity contribution in [3.05, 3.63) is 28.3 Å². The van der Waals surface area contributed by atoms with Gasteiger partial charge in [0, 0.05) is 0 Å². The maximum atomic E-state index is 13.6. The van der Waals surface area contributed by atoms with Crippen LogP contribution in [0.2, 0.25) is 0 Å². The summed E-state index contributed by atoms with van der Waals surface area (Å²) in [5.74, 6) is 0. The van der Waals surface area contributed by atoms with Gasteiger partial charge in [-0.15, -0.1) is 0 Å². The molecule has 0 atom stereocenters. The van der Waals surface area contributed by atoms with Gasteiger partial charge in [-0.25, -0.2) is 0 Å². The Morgan fingerprint density at radius 1 is 0.442 bits per heavy atom. The third-order valence-corrected chi connectivity index (χ3v) is 14.0. The number of hydrogen-bond acceptors (Lipinski definition) is 4. The summed E-state index contributed by atoms with van der Waals surface area (Å²) in [5.41, 5.74) is 4.60. The third-order valence-electron chi connectivity index (χ3n) is 11.0. The normalized spacial score (nSPS) is 11.9. The summed E-state index contributed by atoms with van der Waals surface area (Å²) in [7, 11) is -4.32. The minimum absolute atomic E-state index is 0.177. The first-order valence-corrected chi connectivity index (χ1v) is 26.0. The molecule has 52 heavy (non-hydrogen) atoms. The number of benzene rings is 1. The van der Waals surface area contributed by atoms with Crippen molar-refractivity contribution in [2.75, 3.05) is 0 Å². The Hall–Kier alpha value is -0.396. The van der Waals surface area contributed by atoms with E-state index >= 15 is 0 Å². The first-order valence-electron chi connectivity index (χ1n) is 22.7. The minimum Gasteiger partial charge on any atom is -0.0654 e. The van der Waals surface area contributed by atoms with Crippen molar-refractivity contribution in [3.8, 4) is 0 Å². The second kappa shape index (κ2) is 33.9. The quantitative estimate of drug-likeness (QED) is 0.0533. The third kappa shape index (κ3) is 24.2. The molecular formula is C45H84O5STi. The first-order chi connectivity index (χ1) is 25.3. The van der Waals surface area contributed by atoms with Gasteiger partial charge in [0.1, 0.15) is 0 Å². The molecule has 0 saturated carbocycles. The molecule has 5 nitrogen and oxygen atoms in total. The predicted molar refractivity (Wildman–Crippen MR) is 218 cm³/mol. The molecule has 0 heterocycles. The molecule has 0 aliphatic rings. The van der Waals surface area contributed by atoms with Crippen molar-refractivity contribution >= 4 is 10.1 Å². The van der Waals surface area contributed by atoms with Gasteiger partial charge in [-0.1, -0.05) is 97.8 Å². The van der Waals surface area contributed by atoms with Gasteiger partial charge in [0.05, 0.1) is 0 Å². The fraction of sp³-hybridized carbons (Fsp3) is 0.867. The standard InChI is InChI=1S/C45H84O3S.H2O.O.Ti/c1-5-9-12-15-18-21-24-27-30-33-37-42-41(36-8-4)40-45(49(46,47)48)44(39-35-32-29-26-23-20-17-14-11-7-3)43(42)38-34-31-28-25-22-19-16-13-10-6-2;;;/h40H,5-39H2,1-4H3,(H,46,47,48);1H2;;/q;;;+2/p-2. The number of hydrogen-bond donors (Lipinski definition) is 1. The molecule has 304 valence electrons. The molecule has 1 aromatic carbocycles. The van der Waals surface area contributed by atoms with Crippen LogP contribution >= 0.6 is 0 Å². The summed E-state index contributed by atoms with van der Waals surface area (Å²) in [6.45, 7) is 8.96. The summed E-state index contributed by atoms with van der Waals surface area (Å²) in [6, 6.07) is 1.85. The molecule has 1 N–H and O–H groups in total. The molecule has 1 aromatic rings. The molecule has 0 aliphatic carbocycles. The van der Waals surface area contributed by atoms with Crippen molar-refractivity contribution in [2.24, 2.45) is 0 Å². The van der Waals surface area contributed by atoms with Crippen LogP contribution in [0.15, 0.2) is 11.0 Å². The van der Waals surface area contributed by atoms with E-state index < -0.39 is 28.7 Å². The van der Waals surface area contributed by atoms with Crippen molar-refractivity contribution in [2.45, 2.75) is 257 Å². The maximum absolute atomic E-state index is 13.6. The van der Waals surface area contributed by atoms with E-state index in [1.54, 1.807) is 0 Å². The molecule has 0 fully saturated rings. The van der Waals surface area contributed by atoms with Gasteiger partial charge >= 0.3 is 235 Å². The summed E-state index contributed by atoms with van der Waals surface area (Å²) < 4.78 is 53.6.